The molecule has 0 aliphatic carbocycles. The maximum Gasteiger partial charge on any atom is 0.335 e. The number of imide groups is 1. The molecular weight excluding hydrogens is 336 g/mol. The maximum atomic E-state index is 12.5. The van der Waals surface area contributed by atoms with E-state index in [0.29, 0.717) is 5.56 Å². The van der Waals surface area contributed by atoms with Crippen LogP contribution in [-0.4, -0.2) is 51.0 Å². The lowest BCUT2D eigenvalue weighted by Crippen LogP contribution is -2.35. The van der Waals surface area contributed by atoms with E-state index in [1.807, 2.05) is 0 Å². The van der Waals surface area contributed by atoms with Crippen molar-refractivity contribution in [3.8, 4) is 0 Å². The number of carboxylic acids is 2. The van der Waals surface area contributed by atoms with Crippen LogP contribution in [0.2, 0.25) is 0 Å². The van der Waals surface area contributed by atoms with Gasteiger partial charge in [0.05, 0.1) is 16.5 Å². The standard InChI is InChI=1S/C15H16N2O6S/c1-7-2-3-8(14(20)21)4-10(7)17-12(18)5-11(13(17)19)24-6-9(16)15(22)23/h2-4,9,11H,5-6,16H2,1H3,(H,20,21)(H,22,23)/t9-,11-/m0/s1. The molecule has 2 amide bonds. The van der Waals surface area contributed by atoms with Gasteiger partial charge < -0.3 is 15.9 Å². The maximum absolute atomic E-state index is 12.5. The molecular formula is C15H16N2O6S. The van der Waals surface area contributed by atoms with Gasteiger partial charge in [0.2, 0.25) is 11.8 Å². The van der Waals surface area contributed by atoms with Crippen molar-refractivity contribution in [3.05, 3.63) is 29.3 Å². The van der Waals surface area contributed by atoms with Gasteiger partial charge >= 0.3 is 11.9 Å². The van der Waals surface area contributed by atoms with Crippen LogP contribution in [0.1, 0.15) is 22.3 Å². The van der Waals surface area contributed by atoms with Crippen molar-refractivity contribution in [1.82, 2.24) is 0 Å². The molecule has 4 N–H and O–H groups in total. The van der Waals surface area contributed by atoms with Crippen LogP contribution >= 0.6 is 11.8 Å². The van der Waals surface area contributed by atoms with E-state index in [4.69, 9.17) is 15.9 Å². The van der Waals surface area contributed by atoms with Gasteiger partial charge in [-0.3, -0.25) is 14.4 Å². The zero-order chi connectivity index (χ0) is 18.0. The summed E-state index contributed by atoms with van der Waals surface area (Å²) in [6.07, 6.45) is -0.0768. The molecule has 1 fully saturated rings. The Morgan fingerprint density at radius 2 is 2.04 bits per heavy atom. The molecule has 0 saturated carbocycles. The van der Waals surface area contributed by atoms with Crippen molar-refractivity contribution < 1.29 is 29.4 Å². The van der Waals surface area contributed by atoms with Crippen LogP contribution in [0.15, 0.2) is 18.2 Å². The lowest BCUT2D eigenvalue weighted by atomic mass is 10.1. The third kappa shape index (κ3) is 3.57. The largest absolute Gasteiger partial charge is 0.480 e. The highest BCUT2D eigenvalue weighted by Crippen LogP contribution is 2.32. The van der Waals surface area contributed by atoms with Crippen LogP contribution in [0.4, 0.5) is 5.69 Å². The van der Waals surface area contributed by atoms with Crippen LogP contribution in [0.5, 0.6) is 0 Å². The number of benzene rings is 1. The van der Waals surface area contributed by atoms with E-state index in [1.165, 1.54) is 18.2 Å². The molecule has 128 valence electrons. The number of hydrogen-bond donors (Lipinski definition) is 3. The molecule has 1 saturated heterocycles. The Kier molecular flexibility index (Phi) is 5.25. The third-order valence-corrected chi connectivity index (χ3v) is 4.92. The fourth-order valence-electron chi connectivity index (χ4n) is 2.26. The van der Waals surface area contributed by atoms with Crippen LogP contribution in [-0.2, 0) is 14.4 Å². The fourth-order valence-corrected chi connectivity index (χ4v) is 3.35. The monoisotopic (exact) mass is 352 g/mol. The summed E-state index contributed by atoms with van der Waals surface area (Å²) in [6, 6.07) is 3.08. The number of aryl methyl sites for hydroxylation is 1. The van der Waals surface area contributed by atoms with Crippen LogP contribution in [0, 0.1) is 6.92 Å². The zero-order valence-electron chi connectivity index (χ0n) is 12.8. The fraction of sp³-hybridized carbons (Fsp3) is 0.333. The summed E-state index contributed by atoms with van der Waals surface area (Å²) in [4.78, 5) is 47.5. The van der Waals surface area contributed by atoms with Crippen molar-refractivity contribution in [2.45, 2.75) is 24.6 Å². The van der Waals surface area contributed by atoms with Crippen LogP contribution in [0.3, 0.4) is 0 Å². The van der Waals surface area contributed by atoms with E-state index in [9.17, 15) is 19.2 Å². The number of aliphatic carboxylic acids is 1. The van der Waals surface area contributed by atoms with Crippen molar-refractivity contribution in [3.63, 3.8) is 0 Å². The lowest BCUT2D eigenvalue weighted by Gasteiger charge is -2.18. The highest BCUT2D eigenvalue weighted by Gasteiger charge is 2.40. The Morgan fingerprint density at radius 1 is 1.38 bits per heavy atom. The van der Waals surface area contributed by atoms with Crippen LogP contribution in [0.25, 0.3) is 0 Å². The van der Waals surface area contributed by atoms with E-state index in [0.717, 1.165) is 16.7 Å². The number of rotatable bonds is 6. The number of carbonyl (C=O) groups excluding carboxylic acids is 2. The Balaban J connectivity index is 2.22. The summed E-state index contributed by atoms with van der Waals surface area (Å²) in [6.45, 7) is 1.67. The molecule has 1 aromatic rings. The number of hydrogen-bond acceptors (Lipinski definition) is 6. The number of aromatic carboxylic acids is 1. The van der Waals surface area contributed by atoms with Crippen molar-refractivity contribution in [2.24, 2.45) is 5.73 Å². The number of nitrogens with two attached hydrogens (primary N) is 1. The minimum atomic E-state index is -1.18. The number of nitrogens with zero attached hydrogens (tertiary/aromatic N) is 1. The minimum Gasteiger partial charge on any atom is -0.480 e. The molecule has 9 heteroatoms. The molecule has 0 unspecified atom stereocenters. The van der Waals surface area contributed by atoms with E-state index >= 15 is 0 Å². The normalized spacial score (nSPS) is 18.8. The van der Waals surface area contributed by atoms with Gasteiger partial charge in [-0.2, -0.15) is 0 Å². The number of carboxylic acid groups (broad SMARTS) is 2. The molecule has 1 heterocycles. The van der Waals surface area contributed by atoms with Gasteiger partial charge in [-0.15, -0.1) is 11.8 Å². The van der Waals surface area contributed by atoms with Gasteiger partial charge in [0, 0.05) is 12.2 Å². The summed E-state index contributed by atoms with van der Waals surface area (Å²) >= 11 is 1.01. The second-order valence-corrected chi connectivity index (χ2v) is 6.58. The lowest BCUT2D eigenvalue weighted by molar-refractivity contribution is -0.138. The molecule has 2 rings (SSSR count). The predicted molar refractivity (Wildman–Crippen MR) is 87.1 cm³/mol. The molecule has 0 radical (unpaired) electrons. The topological polar surface area (TPSA) is 138 Å². The number of carbonyl (C=O) groups is 4. The molecule has 1 aromatic carbocycles. The van der Waals surface area contributed by atoms with E-state index in [-0.39, 0.29) is 23.4 Å². The van der Waals surface area contributed by atoms with Gasteiger partial charge in [0.15, 0.2) is 0 Å². The first-order valence-electron chi connectivity index (χ1n) is 7.03. The Bertz CT molecular complexity index is 720. The summed E-state index contributed by atoms with van der Waals surface area (Å²) in [5.74, 6) is -3.28. The summed E-state index contributed by atoms with van der Waals surface area (Å²) < 4.78 is 0. The first-order chi connectivity index (χ1) is 11.2. The molecule has 2 atom stereocenters. The number of thioether (sulfide) groups is 1. The Hall–Kier alpha value is -2.39. The molecule has 24 heavy (non-hydrogen) atoms. The zero-order valence-corrected chi connectivity index (χ0v) is 13.6. The average Bonchev–Trinajstić information content (AvgIpc) is 2.79. The second-order valence-electron chi connectivity index (χ2n) is 5.34. The van der Waals surface area contributed by atoms with Gasteiger partial charge in [-0.05, 0) is 24.6 Å². The minimum absolute atomic E-state index is 0.001000. The molecule has 0 spiro atoms. The molecule has 0 bridgehead atoms. The van der Waals surface area contributed by atoms with E-state index in [1.54, 1.807) is 6.92 Å². The highest BCUT2D eigenvalue weighted by atomic mass is 32.2. The second kappa shape index (κ2) is 7.02. The Labute approximate surface area is 141 Å². The summed E-state index contributed by atoms with van der Waals surface area (Å²) in [5.41, 5.74) is 6.20. The molecule has 8 nitrogen and oxygen atoms in total. The highest BCUT2D eigenvalue weighted by molar-refractivity contribution is 8.00. The SMILES string of the molecule is Cc1ccc(C(=O)O)cc1N1C(=O)C[C@H](SC[C@H](N)C(=O)O)C1=O. The van der Waals surface area contributed by atoms with Gasteiger partial charge in [-0.1, -0.05) is 6.07 Å². The first kappa shape index (κ1) is 18.0. The van der Waals surface area contributed by atoms with Crippen molar-refractivity contribution >= 4 is 41.2 Å². The number of anilines is 1. The van der Waals surface area contributed by atoms with Gasteiger partial charge in [0.1, 0.15) is 6.04 Å². The summed E-state index contributed by atoms with van der Waals surface area (Å²) in [7, 11) is 0. The molecule has 1 aliphatic rings. The van der Waals surface area contributed by atoms with Crippen LogP contribution < -0.4 is 10.6 Å². The first-order valence-corrected chi connectivity index (χ1v) is 8.08. The van der Waals surface area contributed by atoms with Gasteiger partial charge in [0.25, 0.3) is 0 Å². The van der Waals surface area contributed by atoms with Crippen molar-refractivity contribution in [1.29, 1.82) is 0 Å². The molecule has 1 aliphatic heterocycles. The van der Waals surface area contributed by atoms with E-state index < -0.39 is 35.0 Å². The average molecular weight is 352 g/mol. The molecule has 0 aromatic heterocycles. The van der Waals surface area contributed by atoms with Crippen molar-refractivity contribution in [2.75, 3.05) is 10.7 Å². The Morgan fingerprint density at radius 3 is 2.62 bits per heavy atom. The van der Waals surface area contributed by atoms with E-state index in [2.05, 4.69) is 0 Å². The number of amides is 2. The predicted octanol–water partition coefficient (Wildman–Crippen LogP) is 0.470. The van der Waals surface area contributed by atoms with Gasteiger partial charge in [-0.25, -0.2) is 9.69 Å². The quantitative estimate of drug-likeness (QED) is 0.628. The summed E-state index contributed by atoms with van der Waals surface area (Å²) in [5, 5.41) is 17.1. The smallest absolute Gasteiger partial charge is 0.335 e. The third-order valence-electron chi connectivity index (χ3n) is 3.60.